The first-order chi connectivity index (χ1) is 5.25. The van der Waals surface area contributed by atoms with Crippen LogP contribution in [0.4, 0.5) is 0 Å². The summed E-state index contributed by atoms with van der Waals surface area (Å²) in [6.07, 6.45) is 2.56. The van der Waals surface area contributed by atoms with Crippen LogP contribution in [0.2, 0.25) is 0 Å². The number of aromatic hydroxyl groups is 1. The zero-order chi connectivity index (χ0) is 8.27. The Morgan fingerprint density at radius 3 is 3.00 bits per heavy atom. The molecule has 1 aromatic rings. The van der Waals surface area contributed by atoms with E-state index in [0.29, 0.717) is 5.69 Å². The number of nitrogens with zero attached hydrogens (tertiary/aromatic N) is 1. The highest BCUT2D eigenvalue weighted by Crippen LogP contribution is 2.23. The van der Waals surface area contributed by atoms with Crippen molar-refractivity contribution in [3.05, 3.63) is 30.9 Å². The molecule has 0 saturated carbocycles. The molecule has 1 radical (unpaired) electrons. The summed E-state index contributed by atoms with van der Waals surface area (Å²) >= 11 is 0. The summed E-state index contributed by atoms with van der Waals surface area (Å²) in [7, 11) is 0. The first-order valence-corrected chi connectivity index (χ1v) is 3.72. The van der Waals surface area contributed by atoms with Crippen LogP contribution in [0.3, 0.4) is 0 Å². The van der Waals surface area contributed by atoms with Crippen LogP contribution in [0.25, 0.3) is 0 Å². The molecule has 0 aliphatic carbocycles. The van der Waals surface area contributed by atoms with Crippen molar-refractivity contribution in [2.45, 2.75) is 19.3 Å². The van der Waals surface area contributed by atoms with Crippen molar-refractivity contribution < 1.29 is 5.11 Å². The molecule has 0 aliphatic rings. The van der Waals surface area contributed by atoms with Gasteiger partial charge in [0.15, 0.2) is 0 Å². The van der Waals surface area contributed by atoms with Gasteiger partial charge in [-0.1, -0.05) is 6.92 Å². The first kappa shape index (κ1) is 8.05. The summed E-state index contributed by atoms with van der Waals surface area (Å²) in [4.78, 5) is 4.04. The molecule has 0 amide bonds. The van der Waals surface area contributed by atoms with Gasteiger partial charge in [0.05, 0.1) is 5.69 Å². The summed E-state index contributed by atoms with van der Waals surface area (Å²) < 4.78 is 0. The molecule has 1 N–H and O–H groups in total. The Kier molecular flexibility index (Phi) is 2.47. The van der Waals surface area contributed by atoms with Crippen molar-refractivity contribution >= 4 is 0 Å². The third-order valence-electron chi connectivity index (χ3n) is 1.70. The molecular weight excluding hydrogens is 138 g/mol. The maximum atomic E-state index is 9.31. The normalized spacial score (nSPS) is 12.9. The lowest BCUT2D eigenvalue weighted by atomic mass is 10.0. The molecule has 1 unspecified atom stereocenters. The zero-order valence-corrected chi connectivity index (χ0v) is 6.62. The van der Waals surface area contributed by atoms with Crippen LogP contribution in [0.15, 0.2) is 18.3 Å². The molecule has 1 aromatic heterocycles. The first-order valence-electron chi connectivity index (χ1n) is 3.72. The largest absolute Gasteiger partial charge is 0.506 e. The van der Waals surface area contributed by atoms with E-state index < -0.39 is 0 Å². The van der Waals surface area contributed by atoms with Crippen molar-refractivity contribution in [3.8, 4) is 5.75 Å². The summed E-state index contributed by atoms with van der Waals surface area (Å²) in [5, 5.41) is 9.31. The van der Waals surface area contributed by atoms with Gasteiger partial charge in [0.2, 0.25) is 0 Å². The maximum Gasteiger partial charge on any atom is 0.137 e. The van der Waals surface area contributed by atoms with Crippen molar-refractivity contribution in [3.63, 3.8) is 0 Å². The van der Waals surface area contributed by atoms with E-state index in [1.165, 1.54) is 0 Å². The Balaban J connectivity index is 2.93. The van der Waals surface area contributed by atoms with Gasteiger partial charge in [-0.25, -0.2) is 0 Å². The number of pyridine rings is 1. The lowest BCUT2D eigenvalue weighted by molar-refractivity contribution is 0.459. The molecular formula is C9H12NO. The van der Waals surface area contributed by atoms with Crippen LogP contribution >= 0.6 is 0 Å². The van der Waals surface area contributed by atoms with E-state index in [1.807, 2.05) is 6.92 Å². The number of hydrogen-bond acceptors (Lipinski definition) is 2. The topological polar surface area (TPSA) is 33.1 Å². The van der Waals surface area contributed by atoms with Crippen molar-refractivity contribution in [1.29, 1.82) is 0 Å². The van der Waals surface area contributed by atoms with E-state index >= 15 is 0 Å². The minimum Gasteiger partial charge on any atom is -0.506 e. The quantitative estimate of drug-likeness (QED) is 0.700. The van der Waals surface area contributed by atoms with Crippen LogP contribution in [-0.4, -0.2) is 10.1 Å². The molecule has 2 nitrogen and oxygen atoms in total. The number of hydrogen-bond donors (Lipinski definition) is 1. The molecule has 0 spiro atoms. The second-order valence-electron chi connectivity index (χ2n) is 2.51. The number of aromatic nitrogens is 1. The fraction of sp³-hybridized carbons (Fsp3) is 0.333. The predicted octanol–water partition coefficient (Wildman–Crippen LogP) is 2.11. The summed E-state index contributed by atoms with van der Waals surface area (Å²) in [6.45, 7) is 5.88. The van der Waals surface area contributed by atoms with E-state index in [1.54, 1.807) is 18.3 Å². The molecule has 59 valence electrons. The fourth-order valence-corrected chi connectivity index (χ4v) is 0.917. The van der Waals surface area contributed by atoms with Crippen molar-refractivity contribution in [2.75, 3.05) is 0 Å². The highest BCUT2D eigenvalue weighted by atomic mass is 16.3. The van der Waals surface area contributed by atoms with Gasteiger partial charge < -0.3 is 5.11 Å². The lowest BCUT2D eigenvalue weighted by Crippen LogP contribution is -1.95. The Morgan fingerprint density at radius 2 is 2.45 bits per heavy atom. The third-order valence-corrected chi connectivity index (χ3v) is 1.70. The Bertz CT molecular complexity index is 235. The standard InChI is InChI=1S/C9H12NO/c1-3-7(2)9-8(11)5-4-6-10-9/h4-7,11H,2-3H2,1H3. The van der Waals surface area contributed by atoms with Crippen LogP contribution in [0, 0.1) is 6.92 Å². The average molecular weight is 150 g/mol. The van der Waals surface area contributed by atoms with Crippen molar-refractivity contribution in [1.82, 2.24) is 4.98 Å². The average Bonchev–Trinajstić information content (AvgIpc) is 2.04. The lowest BCUT2D eigenvalue weighted by Gasteiger charge is -2.08. The highest BCUT2D eigenvalue weighted by molar-refractivity contribution is 5.28. The van der Waals surface area contributed by atoms with Gasteiger partial charge in [0.1, 0.15) is 5.75 Å². The van der Waals surface area contributed by atoms with Crippen LogP contribution in [-0.2, 0) is 0 Å². The van der Waals surface area contributed by atoms with E-state index in [9.17, 15) is 5.11 Å². The fourth-order valence-electron chi connectivity index (χ4n) is 0.917. The van der Waals surface area contributed by atoms with Crippen molar-refractivity contribution in [2.24, 2.45) is 0 Å². The van der Waals surface area contributed by atoms with E-state index in [-0.39, 0.29) is 11.7 Å². The van der Waals surface area contributed by atoms with Crippen LogP contribution in [0.1, 0.15) is 25.0 Å². The van der Waals surface area contributed by atoms with E-state index in [0.717, 1.165) is 6.42 Å². The minimum absolute atomic E-state index is 0.0937. The van der Waals surface area contributed by atoms with Gasteiger partial charge in [-0.15, -0.1) is 0 Å². The molecule has 0 aliphatic heterocycles. The van der Waals surface area contributed by atoms with Crippen LogP contribution in [0.5, 0.6) is 5.75 Å². The van der Waals surface area contributed by atoms with Gasteiger partial charge in [-0.05, 0) is 25.5 Å². The Hall–Kier alpha value is -1.05. The molecule has 2 heteroatoms. The van der Waals surface area contributed by atoms with Gasteiger partial charge in [-0.2, -0.15) is 0 Å². The molecule has 11 heavy (non-hydrogen) atoms. The van der Waals surface area contributed by atoms with Crippen LogP contribution < -0.4 is 0 Å². The highest BCUT2D eigenvalue weighted by Gasteiger charge is 2.07. The van der Waals surface area contributed by atoms with Gasteiger partial charge >= 0.3 is 0 Å². The maximum absolute atomic E-state index is 9.31. The van der Waals surface area contributed by atoms with E-state index in [2.05, 4.69) is 11.9 Å². The summed E-state index contributed by atoms with van der Waals surface area (Å²) in [6, 6.07) is 3.34. The summed E-state index contributed by atoms with van der Waals surface area (Å²) in [5.41, 5.74) is 0.690. The third kappa shape index (κ3) is 1.70. The van der Waals surface area contributed by atoms with Gasteiger partial charge in [0, 0.05) is 12.1 Å². The summed E-state index contributed by atoms with van der Waals surface area (Å²) in [5.74, 6) is 0.338. The molecule has 0 bridgehead atoms. The molecule has 0 aromatic carbocycles. The van der Waals surface area contributed by atoms with E-state index in [4.69, 9.17) is 0 Å². The molecule has 1 heterocycles. The monoisotopic (exact) mass is 150 g/mol. The van der Waals surface area contributed by atoms with Gasteiger partial charge in [-0.3, -0.25) is 4.98 Å². The van der Waals surface area contributed by atoms with Gasteiger partial charge in [0.25, 0.3) is 0 Å². The second kappa shape index (κ2) is 3.37. The molecule has 0 saturated heterocycles. The molecule has 0 fully saturated rings. The Morgan fingerprint density at radius 1 is 1.73 bits per heavy atom. The Labute approximate surface area is 66.9 Å². The predicted molar refractivity (Wildman–Crippen MR) is 44.3 cm³/mol. The second-order valence-corrected chi connectivity index (χ2v) is 2.51. The smallest absolute Gasteiger partial charge is 0.137 e. The minimum atomic E-state index is 0.0937. The number of rotatable bonds is 2. The molecule has 1 rings (SSSR count). The SMILES string of the molecule is [CH2]C(CC)c1ncccc1O. The zero-order valence-electron chi connectivity index (χ0n) is 6.62. The molecule has 1 atom stereocenters.